The first kappa shape index (κ1) is 28.3. The van der Waals surface area contributed by atoms with Gasteiger partial charge in [0.2, 0.25) is 11.8 Å². The Bertz CT molecular complexity index is 771. The normalized spacial score (nSPS) is 25.8. The van der Waals surface area contributed by atoms with Crippen LogP contribution < -0.4 is 10.6 Å². The third-order valence-corrected chi connectivity index (χ3v) is 5.73. The molecule has 1 saturated carbocycles. The van der Waals surface area contributed by atoms with Crippen molar-refractivity contribution in [2.24, 2.45) is 11.3 Å². The number of nitrogens with zero attached hydrogens (tertiary/aromatic N) is 1. The van der Waals surface area contributed by atoms with Gasteiger partial charge in [0.05, 0.1) is 6.04 Å². The van der Waals surface area contributed by atoms with E-state index in [-0.39, 0.29) is 51.1 Å². The van der Waals surface area contributed by atoms with Crippen molar-refractivity contribution >= 4 is 23.7 Å². The molecule has 1 saturated heterocycles. The van der Waals surface area contributed by atoms with E-state index in [1.165, 1.54) is 11.8 Å². The molecule has 0 radical (unpaired) electrons. The Morgan fingerprint density at radius 1 is 1.19 bits per heavy atom. The van der Waals surface area contributed by atoms with E-state index in [2.05, 4.69) is 17.2 Å². The van der Waals surface area contributed by atoms with Gasteiger partial charge in [0.1, 0.15) is 17.2 Å². The van der Waals surface area contributed by atoms with E-state index in [1.54, 1.807) is 26.8 Å². The zero-order chi connectivity index (χ0) is 23.8. The molecule has 2 aliphatic rings. The van der Waals surface area contributed by atoms with E-state index >= 15 is 0 Å². The van der Waals surface area contributed by atoms with Gasteiger partial charge < -0.3 is 26.7 Å². The monoisotopic (exact) mass is 618 g/mol. The van der Waals surface area contributed by atoms with E-state index in [0.717, 1.165) is 0 Å². The molecule has 0 aromatic carbocycles. The number of ketones is 1. The van der Waals surface area contributed by atoms with Gasteiger partial charge in [-0.05, 0) is 39.5 Å². The summed E-state index contributed by atoms with van der Waals surface area (Å²) in [6.45, 7) is 16.2. The van der Waals surface area contributed by atoms with Gasteiger partial charge in [-0.15, -0.1) is 19.5 Å². The number of amides is 3. The summed E-state index contributed by atoms with van der Waals surface area (Å²) < 4.78 is 5.32. The first-order chi connectivity index (χ1) is 14.1. The van der Waals surface area contributed by atoms with Gasteiger partial charge in [0.25, 0.3) is 0 Å². The van der Waals surface area contributed by atoms with Gasteiger partial charge in [-0.1, -0.05) is 26.8 Å². The van der Waals surface area contributed by atoms with E-state index < -0.39 is 34.7 Å². The van der Waals surface area contributed by atoms with Crippen molar-refractivity contribution in [3.8, 4) is 0 Å². The van der Waals surface area contributed by atoms with Crippen molar-refractivity contribution in [2.45, 2.75) is 84.5 Å². The smallest absolute Gasteiger partial charge is 0.408 e. The van der Waals surface area contributed by atoms with E-state index in [0.29, 0.717) is 12.8 Å². The van der Waals surface area contributed by atoms with Crippen LogP contribution >= 0.6 is 0 Å². The second-order valence-electron chi connectivity index (χ2n) is 10.5. The van der Waals surface area contributed by atoms with Gasteiger partial charge in [-0.25, -0.2) is 4.79 Å². The summed E-state index contributed by atoms with van der Waals surface area (Å²) in [5, 5.41) is 5.54. The number of likely N-dealkylation sites (tertiary alicyclic amines) is 1. The van der Waals surface area contributed by atoms with Crippen molar-refractivity contribution in [3.63, 3.8) is 0 Å². The standard InChI is InChI=1S/C23H36N3O5.W/c1-9-15-13-23(15,14(2)27)25-18(28)16-11-10-12-26(16)19(29)17(21(3,4)5)24-20(30)31-22(6,7)8;/h9-10,15-17H,1,11-13H2,2-8H3,(H,24,30)(H,25,28);/q-1;/t15?,16-,17+,23-;/m0./s1. The molecule has 3 amide bonds. The molecule has 0 aromatic heterocycles. The predicted molar refractivity (Wildman–Crippen MR) is 117 cm³/mol. The number of carbonyl (C=O) groups is 4. The third-order valence-electron chi connectivity index (χ3n) is 5.73. The molecule has 1 aliphatic carbocycles. The molecule has 32 heavy (non-hydrogen) atoms. The Balaban J connectivity index is 0.00000512. The summed E-state index contributed by atoms with van der Waals surface area (Å²) in [7, 11) is 0. The minimum atomic E-state index is -0.922. The first-order valence-electron chi connectivity index (χ1n) is 10.7. The number of hydrogen-bond donors (Lipinski definition) is 2. The number of alkyl carbamates (subject to hydrolysis) is 1. The Hall–Kier alpha value is -1.69. The molecular formula is C23H36N3O5W-. The second kappa shape index (κ2) is 10.1. The average Bonchev–Trinajstić information content (AvgIpc) is 3.10. The van der Waals surface area contributed by atoms with Crippen LogP contribution in [-0.2, 0) is 40.2 Å². The minimum absolute atomic E-state index is 0. The topological polar surface area (TPSA) is 105 Å². The predicted octanol–water partition coefficient (Wildman–Crippen LogP) is 2.38. The summed E-state index contributed by atoms with van der Waals surface area (Å²) in [4.78, 5) is 52.4. The van der Waals surface area contributed by atoms with Crippen molar-refractivity contribution < 1.29 is 45.0 Å². The van der Waals surface area contributed by atoms with Crippen LogP contribution in [0, 0.1) is 17.8 Å². The van der Waals surface area contributed by atoms with Gasteiger partial charge in [0.15, 0.2) is 5.78 Å². The van der Waals surface area contributed by atoms with Crippen molar-refractivity contribution in [1.29, 1.82) is 0 Å². The van der Waals surface area contributed by atoms with Crippen molar-refractivity contribution in [3.05, 3.63) is 19.1 Å². The Kier molecular flexibility index (Phi) is 8.91. The number of hydrogen-bond acceptors (Lipinski definition) is 5. The fourth-order valence-corrected chi connectivity index (χ4v) is 3.87. The summed E-state index contributed by atoms with van der Waals surface area (Å²) >= 11 is 0. The maximum atomic E-state index is 13.4. The number of Topliss-reactive ketones (excluding diaryl/α,β-unsaturated/α-hetero) is 1. The summed E-state index contributed by atoms with van der Waals surface area (Å²) in [5.41, 5.74) is -2.23. The molecule has 2 fully saturated rings. The van der Waals surface area contributed by atoms with Crippen LogP contribution in [0.3, 0.4) is 0 Å². The van der Waals surface area contributed by atoms with E-state index in [1.807, 2.05) is 27.2 Å². The van der Waals surface area contributed by atoms with Crippen LogP contribution in [0.25, 0.3) is 0 Å². The Morgan fingerprint density at radius 2 is 1.78 bits per heavy atom. The van der Waals surface area contributed by atoms with Crippen LogP contribution in [0.1, 0.15) is 61.3 Å². The molecule has 180 valence electrons. The third kappa shape index (κ3) is 6.43. The zero-order valence-corrected chi connectivity index (χ0v) is 23.0. The molecule has 1 unspecified atom stereocenters. The van der Waals surface area contributed by atoms with E-state index in [9.17, 15) is 19.2 Å². The van der Waals surface area contributed by atoms with Crippen LogP contribution in [0.4, 0.5) is 4.79 Å². The van der Waals surface area contributed by atoms with Crippen LogP contribution in [-0.4, -0.2) is 58.4 Å². The number of rotatable bonds is 6. The van der Waals surface area contributed by atoms with Gasteiger partial charge in [0, 0.05) is 27.0 Å². The number of nitrogens with one attached hydrogen (secondary N) is 2. The first-order valence-corrected chi connectivity index (χ1v) is 10.7. The fraction of sp³-hybridized carbons (Fsp3) is 0.696. The molecule has 2 N–H and O–H groups in total. The molecule has 0 aromatic rings. The van der Waals surface area contributed by atoms with Crippen LogP contribution in [0.2, 0.25) is 0 Å². The molecule has 1 heterocycles. The summed E-state index contributed by atoms with van der Waals surface area (Å²) in [6, 6.07) is -1.62. The van der Waals surface area contributed by atoms with Gasteiger partial charge in [-0.2, -0.15) is 0 Å². The Morgan fingerprint density at radius 3 is 2.22 bits per heavy atom. The van der Waals surface area contributed by atoms with Gasteiger partial charge >= 0.3 is 6.09 Å². The molecular weight excluding hydrogens is 582 g/mol. The quantitative estimate of drug-likeness (QED) is 0.352. The molecule has 0 bridgehead atoms. The largest absolute Gasteiger partial charge is 0.444 e. The van der Waals surface area contributed by atoms with Crippen LogP contribution in [0.5, 0.6) is 0 Å². The molecule has 4 atom stereocenters. The van der Waals surface area contributed by atoms with Gasteiger partial charge in [-0.3, -0.25) is 14.4 Å². The average molecular weight is 618 g/mol. The second-order valence-corrected chi connectivity index (χ2v) is 10.5. The Labute approximate surface area is 205 Å². The summed E-state index contributed by atoms with van der Waals surface area (Å²) in [5.74, 6) is -0.948. The molecule has 8 nitrogen and oxygen atoms in total. The molecule has 2 rings (SSSR count). The maximum absolute atomic E-state index is 13.4. The number of carbonyl (C=O) groups excluding carboxylic acids is 4. The number of ether oxygens (including phenoxy) is 1. The van der Waals surface area contributed by atoms with Crippen LogP contribution in [0.15, 0.2) is 12.7 Å². The minimum Gasteiger partial charge on any atom is -0.444 e. The fourth-order valence-electron chi connectivity index (χ4n) is 3.87. The zero-order valence-electron chi connectivity index (χ0n) is 20.1. The maximum Gasteiger partial charge on any atom is 0.408 e. The summed E-state index contributed by atoms with van der Waals surface area (Å²) in [6.07, 6.45) is 3.74. The molecule has 9 heteroatoms. The van der Waals surface area contributed by atoms with E-state index in [4.69, 9.17) is 4.74 Å². The SMILES string of the molecule is C=CC1C[C@]1(NC(=O)[C@@H]1C[CH-]CN1C(=O)[C@@H](NC(=O)OC(C)(C)C)C(C)(C)C)C(C)=O.[W]. The molecule has 0 spiro atoms. The van der Waals surface area contributed by atoms with Crippen molar-refractivity contribution in [1.82, 2.24) is 15.5 Å². The van der Waals surface area contributed by atoms with Crippen molar-refractivity contribution in [2.75, 3.05) is 6.54 Å². The molecule has 1 aliphatic heterocycles.